The Hall–Kier alpha value is -4.12. The van der Waals surface area contributed by atoms with Crippen LogP contribution >= 0.6 is 0 Å². The van der Waals surface area contributed by atoms with Crippen molar-refractivity contribution in [2.45, 2.75) is 51.4 Å². The SMILES string of the molecule is CC(C)C1(C(=O)O)C(C)NC(N)C(C(=O)O)(C2CCN(C(c3ccccc3)c3ccccc3)C2)C1c1cccc([N+](=O)[O-])c1. The first kappa shape index (κ1) is 31.3. The zero-order chi connectivity index (χ0) is 31.8. The van der Waals surface area contributed by atoms with Crippen LogP contribution in [0.3, 0.4) is 0 Å². The number of non-ortho nitro benzene ring substituents is 1. The number of hydrogen-bond acceptors (Lipinski definition) is 7. The number of carboxylic acids is 2. The van der Waals surface area contributed by atoms with E-state index in [0.29, 0.717) is 25.1 Å². The molecule has 3 aromatic carbocycles. The van der Waals surface area contributed by atoms with E-state index in [4.69, 9.17) is 5.73 Å². The number of carbonyl (C=O) groups is 2. The number of aliphatic carboxylic acids is 2. The first-order chi connectivity index (χ1) is 21.0. The van der Waals surface area contributed by atoms with Crippen LogP contribution in [0, 0.1) is 32.8 Å². The van der Waals surface area contributed by atoms with Gasteiger partial charge in [-0.25, -0.2) is 0 Å². The van der Waals surface area contributed by atoms with E-state index in [2.05, 4.69) is 10.2 Å². The van der Waals surface area contributed by atoms with Gasteiger partial charge in [0.1, 0.15) is 5.41 Å². The lowest BCUT2D eigenvalue weighted by atomic mass is 9.46. The molecule has 232 valence electrons. The van der Waals surface area contributed by atoms with Gasteiger partial charge in [0.05, 0.1) is 22.5 Å². The van der Waals surface area contributed by atoms with Gasteiger partial charge in [0.25, 0.3) is 5.69 Å². The molecular weight excluding hydrogens is 560 g/mol. The molecule has 2 saturated heterocycles. The van der Waals surface area contributed by atoms with Crippen LogP contribution in [0.5, 0.6) is 0 Å². The molecule has 2 heterocycles. The van der Waals surface area contributed by atoms with Crippen LogP contribution in [0.1, 0.15) is 55.8 Å². The zero-order valence-corrected chi connectivity index (χ0v) is 25.2. The fourth-order valence-electron chi connectivity index (χ4n) is 8.35. The van der Waals surface area contributed by atoms with E-state index in [-0.39, 0.29) is 11.7 Å². The highest BCUT2D eigenvalue weighted by Crippen LogP contribution is 2.62. The summed E-state index contributed by atoms with van der Waals surface area (Å²) in [6.07, 6.45) is -0.673. The van der Waals surface area contributed by atoms with Gasteiger partial charge >= 0.3 is 11.9 Å². The van der Waals surface area contributed by atoms with Crippen LogP contribution in [0.4, 0.5) is 5.69 Å². The zero-order valence-electron chi connectivity index (χ0n) is 25.2. The summed E-state index contributed by atoms with van der Waals surface area (Å²) in [6, 6.07) is 24.9. The number of nitrogens with one attached hydrogen (secondary N) is 1. The second-order valence-corrected chi connectivity index (χ2v) is 12.5. The molecule has 6 unspecified atom stereocenters. The molecule has 0 aliphatic carbocycles. The molecule has 5 N–H and O–H groups in total. The van der Waals surface area contributed by atoms with Gasteiger partial charge in [-0.1, -0.05) is 86.6 Å². The summed E-state index contributed by atoms with van der Waals surface area (Å²) >= 11 is 0. The molecule has 3 aromatic rings. The Morgan fingerprint density at radius 3 is 2.07 bits per heavy atom. The largest absolute Gasteiger partial charge is 0.481 e. The molecule has 44 heavy (non-hydrogen) atoms. The summed E-state index contributed by atoms with van der Waals surface area (Å²) in [5, 5.41) is 37.4. The Morgan fingerprint density at radius 1 is 0.977 bits per heavy atom. The van der Waals surface area contributed by atoms with Gasteiger partial charge in [-0.05, 0) is 48.4 Å². The summed E-state index contributed by atoms with van der Waals surface area (Å²) < 4.78 is 0. The first-order valence-electron chi connectivity index (χ1n) is 15.0. The Morgan fingerprint density at radius 2 is 1.57 bits per heavy atom. The lowest BCUT2D eigenvalue weighted by molar-refractivity contribution is -0.385. The van der Waals surface area contributed by atoms with Gasteiger partial charge in [-0.15, -0.1) is 0 Å². The number of hydrogen-bond donors (Lipinski definition) is 4. The standard InChI is InChI=1S/C34H40N4O6/c1-21(2)33(31(39)40)22(3)36-30(35)34(32(41)42,29(33)25-15-10-16-27(19-25)38(43)44)26-17-18-37(20-26)28(23-11-6-4-7-12-23)24-13-8-5-9-14-24/h4-16,19,21-22,26,28-30,36H,17-18,20,35H2,1-3H3,(H,39,40)(H,41,42). The fraction of sp³-hybridized carbons (Fsp3) is 0.412. The highest BCUT2D eigenvalue weighted by molar-refractivity contribution is 5.85. The highest BCUT2D eigenvalue weighted by atomic mass is 16.6. The minimum atomic E-state index is -1.81. The average molecular weight is 601 g/mol. The van der Waals surface area contributed by atoms with Crippen molar-refractivity contribution >= 4 is 17.6 Å². The third-order valence-corrected chi connectivity index (χ3v) is 10.2. The molecule has 10 nitrogen and oxygen atoms in total. The van der Waals surface area contributed by atoms with Crippen molar-refractivity contribution in [3.05, 3.63) is 112 Å². The topological polar surface area (TPSA) is 159 Å². The maximum atomic E-state index is 13.9. The average Bonchev–Trinajstić information content (AvgIpc) is 3.47. The molecule has 0 amide bonds. The monoisotopic (exact) mass is 600 g/mol. The van der Waals surface area contributed by atoms with Gasteiger partial charge in [-0.3, -0.25) is 29.9 Å². The summed E-state index contributed by atoms with van der Waals surface area (Å²) in [6.45, 7) is 6.14. The van der Waals surface area contributed by atoms with Gasteiger partial charge < -0.3 is 15.9 Å². The van der Waals surface area contributed by atoms with E-state index in [9.17, 15) is 29.9 Å². The minimum absolute atomic E-state index is 0.162. The molecular formula is C34H40N4O6. The van der Waals surface area contributed by atoms with E-state index in [1.807, 2.05) is 60.7 Å². The minimum Gasteiger partial charge on any atom is -0.481 e. The van der Waals surface area contributed by atoms with Crippen molar-refractivity contribution in [2.75, 3.05) is 13.1 Å². The third kappa shape index (κ3) is 4.87. The fourth-order valence-corrected chi connectivity index (χ4v) is 8.35. The Balaban J connectivity index is 1.71. The second-order valence-electron chi connectivity index (χ2n) is 12.5. The lowest BCUT2D eigenvalue weighted by Crippen LogP contribution is -2.75. The molecule has 6 atom stereocenters. The van der Waals surface area contributed by atoms with E-state index >= 15 is 0 Å². The van der Waals surface area contributed by atoms with E-state index in [1.54, 1.807) is 26.8 Å². The van der Waals surface area contributed by atoms with Crippen molar-refractivity contribution in [3.8, 4) is 0 Å². The van der Waals surface area contributed by atoms with Crippen molar-refractivity contribution < 1.29 is 24.7 Å². The molecule has 0 saturated carbocycles. The quantitative estimate of drug-likeness (QED) is 0.199. The highest BCUT2D eigenvalue weighted by Gasteiger charge is 2.71. The van der Waals surface area contributed by atoms with Crippen molar-refractivity contribution in [1.82, 2.24) is 10.2 Å². The number of benzene rings is 3. The van der Waals surface area contributed by atoms with Gasteiger partial charge in [-0.2, -0.15) is 0 Å². The van der Waals surface area contributed by atoms with E-state index < -0.39 is 57.7 Å². The van der Waals surface area contributed by atoms with Crippen LogP contribution in [0.15, 0.2) is 84.9 Å². The maximum absolute atomic E-state index is 13.9. The van der Waals surface area contributed by atoms with Gasteiger partial charge in [0, 0.05) is 30.6 Å². The van der Waals surface area contributed by atoms with Gasteiger partial charge in [0.15, 0.2) is 0 Å². The molecule has 2 aliphatic heterocycles. The van der Waals surface area contributed by atoms with E-state index in [1.165, 1.54) is 18.2 Å². The number of nitro groups is 1. The van der Waals surface area contributed by atoms with Crippen LogP contribution in [-0.4, -0.2) is 57.3 Å². The van der Waals surface area contributed by atoms with Crippen LogP contribution in [0.25, 0.3) is 0 Å². The number of piperidine rings is 1. The summed E-state index contributed by atoms with van der Waals surface area (Å²) in [7, 11) is 0. The first-order valence-corrected chi connectivity index (χ1v) is 15.0. The predicted octanol–water partition coefficient (Wildman–Crippen LogP) is 4.86. The smallest absolute Gasteiger partial charge is 0.313 e. The van der Waals surface area contributed by atoms with Crippen molar-refractivity contribution in [3.63, 3.8) is 0 Å². The Kier molecular flexibility index (Phi) is 8.62. The number of nitrogens with two attached hydrogens (primary N) is 1. The molecule has 10 heteroatoms. The second kappa shape index (κ2) is 12.1. The number of carboxylic acid groups (broad SMARTS) is 2. The number of nitro benzene ring substituents is 1. The van der Waals surface area contributed by atoms with Crippen LogP contribution < -0.4 is 11.1 Å². The van der Waals surface area contributed by atoms with Crippen molar-refractivity contribution in [2.24, 2.45) is 28.4 Å². The number of rotatable bonds is 9. The molecule has 2 aliphatic rings. The van der Waals surface area contributed by atoms with E-state index in [0.717, 1.165) is 11.1 Å². The van der Waals surface area contributed by atoms with Crippen molar-refractivity contribution in [1.29, 1.82) is 0 Å². The molecule has 5 rings (SSSR count). The molecule has 0 aromatic heterocycles. The maximum Gasteiger partial charge on any atom is 0.313 e. The van der Waals surface area contributed by atoms with Crippen LogP contribution in [0.2, 0.25) is 0 Å². The Bertz CT molecular complexity index is 1480. The number of likely N-dealkylation sites (tertiary alicyclic amines) is 1. The molecule has 0 spiro atoms. The molecule has 2 fully saturated rings. The van der Waals surface area contributed by atoms with Crippen LogP contribution in [-0.2, 0) is 9.59 Å². The summed E-state index contributed by atoms with van der Waals surface area (Å²) in [4.78, 5) is 40.9. The predicted molar refractivity (Wildman–Crippen MR) is 166 cm³/mol. The summed E-state index contributed by atoms with van der Waals surface area (Å²) in [5.74, 6) is -4.67. The Labute approximate surface area is 257 Å². The third-order valence-electron chi connectivity index (χ3n) is 10.2. The molecule has 0 radical (unpaired) electrons. The lowest BCUT2D eigenvalue weighted by Gasteiger charge is -2.60. The molecule has 0 bridgehead atoms. The normalized spacial score (nSPS) is 29.1. The summed E-state index contributed by atoms with van der Waals surface area (Å²) in [5.41, 5.74) is 5.56. The number of nitrogens with zero attached hydrogens (tertiary/aromatic N) is 2. The van der Waals surface area contributed by atoms with Gasteiger partial charge in [0.2, 0.25) is 0 Å².